The lowest BCUT2D eigenvalue weighted by Gasteiger charge is -2.03. The van der Waals surface area contributed by atoms with Gasteiger partial charge in [0.1, 0.15) is 0 Å². The smallest absolute Gasteiger partial charge is 0.0945 e. The molecule has 56 valence electrons. The third-order valence-electron chi connectivity index (χ3n) is 1.45. The fraction of sp³-hybridized carbons (Fsp3) is 0.571. The maximum Gasteiger partial charge on any atom is 0.0945 e. The van der Waals surface area contributed by atoms with Gasteiger partial charge in [-0.05, 0) is 6.92 Å². The summed E-state index contributed by atoms with van der Waals surface area (Å²) in [4.78, 5) is 3.98. The van der Waals surface area contributed by atoms with E-state index in [1.54, 1.807) is 6.33 Å². The molecule has 0 spiro atoms. The number of hydrogen-bond acceptors (Lipinski definition) is 2. The maximum atomic E-state index is 5.61. The Hall–Kier alpha value is -0.830. The van der Waals surface area contributed by atoms with Crippen molar-refractivity contribution in [3.8, 4) is 0 Å². The highest BCUT2D eigenvalue weighted by molar-refractivity contribution is 4.99. The Morgan fingerprint density at radius 3 is 2.90 bits per heavy atom. The molecule has 3 nitrogen and oxygen atoms in total. The van der Waals surface area contributed by atoms with Gasteiger partial charge >= 0.3 is 0 Å². The van der Waals surface area contributed by atoms with E-state index in [1.807, 2.05) is 24.7 Å². The molecule has 0 radical (unpaired) electrons. The van der Waals surface area contributed by atoms with Crippen molar-refractivity contribution in [1.82, 2.24) is 9.55 Å². The second-order valence-electron chi connectivity index (χ2n) is 2.68. The first kappa shape index (κ1) is 7.28. The molecule has 0 aliphatic carbocycles. The van der Waals surface area contributed by atoms with Crippen molar-refractivity contribution in [3.63, 3.8) is 0 Å². The van der Waals surface area contributed by atoms with Gasteiger partial charge in [0.25, 0.3) is 0 Å². The predicted molar refractivity (Wildman–Crippen MR) is 40.6 cm³/mol. The Kier molecular flexibility index (Phi) is 2.06. The van der Waals surface area contributed by atoms with Crippen LogP contribution in [-0.4, -0.2) is 15.6 Å². The van der Waals surface area contributed by atoms with Gasteiger partial charge in [-0.1, -0.05) is 0 Å². The third-order valence-corrected chi connectivity index (χ3v) is 1.45. The first-order valence-corrected chi connectivity index (χ1v) is 3.41. The van der Waals surface area contributed by atoms with Crippen LogP contribution in [0.4, 0.5) is 0 Å². The molecule has 1 rings (SSSR count). The first-order chi connectivity index (χ1) is 4.70. The summed E-state index contributed by atoms with van der Waals surface area (Å²) < 4.78 is 1.99. The van der Waals surface area contributed by atoms with E-state index in [1.165, 1.54) is 5.69 Å². The quantitative estimate of drug-likeness (QED) is 0.640. The summed E-state index contributed by atoms with van der Waals surface area (Å²) in [6.07, 6.45) is 4.54. The minimum atomic E-state index is 0.218. The number of aromatic nitrogens is 2. The summed E-state index contributed by atoms with van der Waals surface area (Å²) in [6.45, 7) is 1.99. The highest BCUT2D eigenvalue weighted by Gasteiger charge is 2.00. The van der Waals surface area contributed by atoms with Crippen LogP contribution < -0.4 is 5.73 Å². The van der Waals surface area contributed by atoms with Crippen LogP contribution in [0.3, 0.4) is 0 Å². The second kappa shape index (κ2) is 2.84. The van der Waals surface area contributed by atoms with E-state index in [2.05, 4.69) is 4.98 Å². The lowest BCUT2D eigenvalue weighted by molar-refractivity contribution is 0.690. The molecule has 1 heterocycles. The van der Waals surface area contributed by atoms with E-state index in [4.69, 9.17) is 5.73 Å². The summed E-state index contributed by atoms with van der Waals surface area (Å²) in [5.41, 5.74) is 6.80. The van der Waals surface area contributed by atoms with E-state index in [-0.39, 0.29) is 6.04 Å². The van der Waals surface area contributed by atoms with E-state index in [0.29, 0.717) is 0 Å². The van der Waals surface area contributed by atoms with Gasteiger partial charge in [0, 0.05) is 31.4 Å². The van der Waals surface area contributed by atoms with Crippen LogP contribution in [0.25, 0.3) is 0 Å². The zero-order valence-electron chi connectivity index (χ0n) is 6.41. The van der Waals surface area contributed by atoms with Crippen molar-refractivity contribution in [2.75, 3.05) is 0 Å². The third kappa shape index (κ3) is 1.57. The van der Waals surface area contributed by atoms with Crippen molar-refractivity contribution in [1.29, 1.82) is 0 Å². The van der Waals surface area contributed by atoms with Crippen LogP contribution in [0, 0.1) is 0 Å². The average molecular weight is 139 g/mol. The number of imidazole rings is 1. The molecule has 1 aromatic heterocycles. The lowest BCUT2D eigenvalue weighted by Crippen LogP contribution is -2.19. The van der Waals surface area contributed by atoms with Crippen molar-refractivity contribution >= 4 is 0 Å². The van der Waals surface area contributed by atoms with E-state index in [0.717, 1.165) is 6.42 Å². The van der Waals surface area contributed by atoms with Gasteiger partial charge in [-0.2, -0.15) is 0 Å². The van der Waals surface area contributed by atoms with Gasteiger partial charge in [-0.3, -0.25) is 0 Å². The minimum absolute atomic E-state index is 0.218. The standard InChI is InChI=1S/C7H13N3/c1-6(8)3-7-4-9-5-10(7)2/h4-6H,3,8H2,1-2H3. The lowest BCUT2D eigenvalue weighted by atomic mass is 10.2. The molecule has 0 saturated heterocycles. The van der Waals surface area contributed by atoms with Gasteiger partial charge in [-0.15, -0.1) is 0 Å². The van der Waals surface area contributed by atoms with Crippen molar-refractivity contribution in [2.45, 2.75) is 19.4 Å². The number of nitrogens with zero attached hydrogens (tertiary/aromatic N) is 2. The Morgan fingerprint density at radius 2 is 2.50 bits per heavy atom. The Labute approximate surface area is 60.9 Å². The van der Waals surface area contributed by atoms with Crippen LogP contribution in [0.2, 0.25) is 0 Å². The monoisotopic (exact) mass is 139 g/mol. The molecule has 2 N–H and O–H groups in total. The zero-order valence-corrected chi connectivity index (χ0v) is 6.41. The highest BCUT2D eigenvalue weighted by Crippen LogP contribution is 1.98. The van der Waals surface area contributed by atoms with Crippen LogP contribution in [0.15, 0.2) is 12.5 Å². The number of hydrogen-bond donors (Lipinski definition) is 1. The van der Waals surface area contributed by atoms with Crippen molar-refractivity contribution in [3.05, 3.63) is 18.2 Å². The maximum absolute atomic E-state index is 5.61. The summed E-state index contributed by atoms with van der Waals surface area (Å²) in [5.74, 6) is 0. The van der Waals surface area contributed by atoms with Gasteiger partial charge < -0.3 is 10.3 Å². The molecular weight excluding hydrogens is 126 g/mol. The van der Waals surface area contributed by atoms with Crippen molar-refractivity contribution in [2.24, 2.45) is 12.8 Å². The molecule has 0 saturated carbocycles. The summed E-state index contributed by atoms with van der Waals surface area (Å²) in [6, 6.07) is 0.218. The van der Waals surface area contributed by atoms with Crippen LogP contribution in [0.5, 0.6) is 0 Å². The normalized spacial score (nSPS) is 13.5. The number of rotatable bonds is 2. The minimum Gasteiger partial charge on any atom is -0.338 e. The molecule has 0 fully saturated rings. The Bertz CT molecular complexity index is 202. The first-order valence-electron chi connectivity index (χ1n) is 3.41. The predicted octanol–water partition coefficient (Wildman–Crippen LogP) is 0.310. The molecule has 1 unspecified atom stereocenters. The van der Waals surface area contributed by atoms with Gasteiger partial charge in [0.2, 0.25) is 0 Å². The summed E-state index contributed by atoms with van der Waals surface area (Å²) in [7, 11) is 1.98. The molecule has 3 heteroatoms. The highest BCUT2D eigenvalue weighted by atomic mass is 15.0. The fourth-order valence-electron chi connectivity index (χ4n) is 0.911. The van der Waals surface area contributed by atoms with E-state index >= 15 is 0 Å². The van der Waals surface area contributed by atoms with Crippen LogP contribution >= 0.6 is 0 Å². The molecular formula is C7H13N3. The largest absolute Gasteiger partial charge is 0.338 e. The molecule has 0 aromatic carbocycles. The summed E-state index contributed by atoms with van der Waals surface area (Å²) >= 11 is 0. The molecule has 1 aromatic rings. The molecule has 0 bridgehead atoms. The molecule has 0 amide bonds. The Morgan fingerprint density at radius 1 is 1.80 bits per heavy atom. The average Bonchev–Trinajstić information content (AvgIpc) is 2.15. The zero-order chi connectivity index (χ0) is 7.56. The van der Waals surface area contributed by atoms with Gasteiger partial charge in [0.15, 0.2) is 0 Å². The van der Waals surface area contributed by atoms with Crippen molar-refractivity contribution < 1.29 is 0 Å². The van der Waals surface area contributed by atoms with Crippen LogP contribution in [0.1, 0.15) is 12.6 Å². The second-order valence-corrected chi connectivity index (χ2v) is 2.68. The topological polar surface area (TPSA) is 43.8 Å². The number of aryl methyl sites for hydroxylation is 1. The van der Waals surface area contributed by atoms with Crippen LogP contribution in [-0.2, 0) is 13.5 Å². The summed E-state index contributed by atoms with van der Waals surface area (Å²) in [5, 5.41) is 0. The van der Waals surface area contributed by atoms with Gasteiger partial charge in [-0.25, -0.2) is 4.98 Å². The van der Waals surface area contributed by atoms with E-state index in [9.17, 15) is 0 Å². The van der Waals surface area contributed by atoms with Gasteiger partial charge in [0.05, 0.1) is 6.33 Å². The molecule has 0 aliphatic heterocycles. The van der Waals surface area contributed by atoms with E-state index < -0.39 is 0 Å². The molecule has 1 atom stereocenters. The SMILES string of the molecule is CC(N)Cc1cncn1C. The molecule has 10 heavy (non-hydrogen) atoms. The molecule has 0 aliphatic rings. The Balaban J connectivity index is 2.65. The number of nitrogens with two attached hydrogens (primary N) is 1. The fourth-order valence-corrected chi connectivity index (χ4v) is 0.911.